The molecule has 1 aliphatic carbocycles. The summed E-state index contributed by atoms with van der Waals surface area (Å²) >= 11 is 0. The molecule has 0 fully saturated rings. The monoisotopic (exact) mass is 380 g/mol. The number of rotatable bonds is 7. The summed E-state index contributed by atoms with van der Waals surface area (Å²) in [7, 11) is 1.83. The van der Waals surface area contributed by atoms with Crippen LogP contribution in [-0.4, -0.2) is 50.1 Å². The first-order chi connectivity index (χ1) is 8.80. The number of nitrogens with one attached hydrogen (secondary N) is 2. The highest BCUT2D eigenvalue weighted by atomic mass is 127. The van der Waals surface area contributed by atoms with E-state index in [1.165, 1.54) is 13.0 Å². The lowest BCUT2D eigenvalue weighted by Gasteiger charge is -2.21. The summed E-state index contributed by atoms with van der Waals surface area (Å²) in [5.41, 5.74) is 0. The van der Waals surface area contributed by atoms with Gasteiger partial charge in [-0.3, -0.25) is 4.99 Å². The molecule has 0 aliphatic heterocycles. The number of likely N-dealkylation sites (N-methyl/N-ethyl adjacent to an activating group) is 1. The molecule has 0 atom stereocenters. The Bertz CT molecular complexity index is 271. The van der Waals surface area contributed by atoms with Crippen LogP contribution in [0.1, 0.15) is 33.1 Å². The van der Waals surface area contributed by atoms with Crippen molar-refractivity contribution < 1.29 is 0 Å². The maximum Gasteiger partial charge on any atom is 0.191 e. The molecule has 0 aromatic rings. The smallest absolute Gasteiger partial charge is 0.191 e. The lowest BCUT2D eigenvalue weighted by Crippen LogP contribution is -2.45. The number of hydrogen-bond donors (Lipinski definition) is 2. The Morgan fingerprint density at radius 3 is 2.47 bits per heavy atom. The van der Waals surface area contributed by atoms with Crippen molar-refractivity contribution in [1.82, 2.24) is 15.5 Å². The molecule has 1 aliphatic rings. The van der Waals surface area contributed by atoms with E-state index in [1.807, 2.05) is 7.05 Å². The first-order valence-corrected chi connectivity index (χ1v) is 7.14. The second-order valence-electron chi connectivity index (χ2n) is 4.72. The normalized spacial score (nSPS) is 15.7. The van der Waals surface area contributed by atoms with Gasteiger partial charge in [-0.25, -0.2) is 0 Å². The van der Waals surface area contributed by atoms with Crippen molar-refractivity contribution in [1.29, 1.82) is 0 Å². The molecule has 0 bridgehead atoms. The first-order valence-electron chi connectivity index (χ1n) is 7.14. The minimum Gasteiger partial charge on any atom is -0.355 e. The first kappa shape index (κ1) is 18.7. The number of guanidine groups is 1. The van der Waals surface area contributed by atoms with Crippen LogP contribution in [-0.2, 0) is 0 Å². The van der Waals surface area contributed by atoms with Crippen LogP contribution in [0.25, 0.3) is 0 Å². The predicted octanol–water partition coefficient (Wildman–Crippen LogP) is 2.22. The number of halogens is 1. The van der Waals surface area contributed by atoms with Crippen LogP contribution in [0.3, 0.4) is 0 Å². The maximum atomic E-state index is 4.27. The average molecular weight is 380 g/mol. The Labute approximate surface area is 135 Å². The summed E-state index contributed by atoms with van der Waals surface area (Å²) in [5, 5.41) is 6.84. The highest BCUT2D eigenvalue weighted by Crippen LogP contribution is 2.08. The summed E-state index contributed by atoms with van der Waals surface area (Å²) in [6, 6.07) is 0.522. The zero-order valence-electron chi connectivity index (χ0n) is 12.5. The van der Waals surface area contributed by atoms with Crippen LogP contribution in [0.5, 0.6) is 0 Å². The van der Waals surface area contributed by atoms with Gasteiger partial charge in [0.2, 0.25) is 0 Å². The molecule has 4 nitrogen and oxygen atoms in total. The van der Waals surface area contributed by atoms with E-state index in [4.69, 9.17) is 0 Å². The molecular formula is C14H29IN4. The van der Waals surface area contributed by atoms with E-state index >= 15 is 0 Å². The predicted molar refractivity (Wildman–Crippen MR) is 94.5 cm³/mol. The van der Waals surface area contributed by atoms with Crippen LogP contribution in [0, 0.1) is 0 Å². The summed E-state index contributed by atoms with van der Waals surface area (Å²) in [6.07, 6.45) is 7.89. The molecule has 5 heteroatoms. The molecule has 0 spiro atoms. The second kappa shape index (κ2) is 11.5. The molecule has 0 aromatic heterocycles. The quantitative estimate of drug-likeness (QED) is 0.308. The van der Waals surface area contributed by atoms with E-state index in [9.17, 15) is 0 Å². The minimum atomic E-state index is 0. The number of aliphatic imine (C=N–C) groups is 1. The fraction of sp³-hybridized carbons (Fsp3) is 0.786. The Morgan fingerprint density at radius 1 is 1.26 bits per heavy atom. The van der Waals surface area contributed by atoms with E-state index in [1.54, 1.807) is 0 Å². The standard InChI is InChI=1S/C14H28N4.HI/c1-4-11-18(5-2)12-10-16-14(15-3)17-13-8-6-7-9-13;/h6-7,13H,4-5,8-12H2,1-3H3,(H2,15,16,17);1H. The third-order valence-electron chi connectivity index (χ3n) is 3.28. The number of nitrogens with zero attached hydrogens (tertiary/aromatic N) is 2. The van der Waals surface area contributed by atoms with Crippen LogP contribution in [0.15, 0.2) is 17.1 Å². The summed E-state index contributed by atoms with van der Waals surface area (Å²) in [5.74, 6) is 0.927. The summed E-state index contributed by atoms with van der Waals surface area (Å²) in [6.45, 7) is 8.77. The average Bonchev–Trinajstić information content (AvgIpc) is 2.89. The van der Waals surface area contributed by atoms with Gasteiger partial charge in [0.25, 0.3) is 0 Å². The molecule has 0 unspecified atom stereocenters. The van der Waals surface area contributed by atoms with E-state index in [0.717, 1.165) is 38.4 Å². The van der Waals surface area contributed by atoms with Crippen molar-refractivity contribution in [3.63, 3.8) is 0 Å². The van der Waals surface area contributed by atoms with Crippen LogP contribution < -0.4 is 10.6 Å². The van der Waals surface area contributed by atoms with E-state index < -0.39 is 0 Å². The van der Waals surface area contributed by atoms with Gasteiger partial charge in [0, 0.05) is 26.2 Å². The summed E-state index contributed by atoms with van der Waals surface area (Å²) in [4.78, 5) is 6.72. The van der Waals surface area contributed by atoms with Gasteiger partial charge in [-0.2, -0.15) is 0 Å². The van der Waals surface area contributed by atoms with Crippen LogP contribution in [0.2, 0.25) is 0 Å². The van der Waals surface area contributed by atoms with Crippen molar-refractivity contribution in [3.05, 3.63) is 12.2 Å². The topological polar surface area (TPSA) is 39.7 Å². The molecule has 0 saturated heterocycles. The third kappa shape index (κ3) is 7.77. The van der Waals surface area contributed by atoms with Crippen molar-refractivity contribution >= 4 is 29.9 Å². The molecule has 0 aromatic carbocycles. The summed E-state index contributed by atoms with van der Waals surface area (Å²) < 4.78 is 0. The molecule has 112 valence electrons. The maximum absolute atomic E-state index is 4.27. The van der Waals surface area contributed by atoms with E-state index in [-0.39, 0.29) is 24.0 Å². The molecular weight excluding hydrogens is 351 g/mol. The molecule has 0 radical (unpaired) electrons. The Hall–Kier alpha value is -0.300. The lowest BCUT2D eigenvalue weighted by atomic mass is 10.2. The second-order valence-corrected chi connectivity index (χ2v) is 4.72. The largest absolute Gasteiger partial charge is 0.355 e. The van der Waals surface area contributed by atoms with E-state index in [0.29, 0.717) is 6.04 Å². The van der Waals surface area contributed by atoms with Gasteiger partial charge < -0.3 is 15.5 Å². The van der Waals surface area contributed by atoms with Crippen molar-refractivity contribution in [2.75, 3.05) is 33.2 Å². The Kier molecular flexibility index (Phi) is 11.3. The molecule has 0 amide bonds. The van der Waals surface area contributed by atoms with Crippen LogP contribution >= 0.6 is 24.0 Å². The fourth-order valence-corrected chi connectivity index (χ4v) is 2.20. The van der Waals surface area contributed by atoms with Crippen molar-refractivity contribution in [2.24, 2.45) is 4.99 Å². The highest BCUT2D eigenvalue weighted by Gasteiger charge is 2.11. The van der Waals surface area contributed by atoms with Crippen molar-refractivity contribution in [2.45, 2.75) is 39.2 Å². The molecule has 0 heterocycles. The molecule has 19 heavy (non-hydrogen) atoms. The van der Waals surface area contributed by atoms with Gasteiger partial charge in [0.15, 0.2) is 5.96 Å². The van der Waals surface area contributed by atoms with E-state index in [2.05, 4.69) is 46.5 Å². The van der Waals surface area contributed by atoms with Crippen molar-refractivity contribution in [3.8, 4) is 0 Å². The SMILES string of the molecule is CCCN(CC)CCNC(=NC)NC1CC=CC1.I. The van der Waals surface area contributed by atoms with Gasteiger partial charge in [-0.05, 0) is 32.4 Å². The molecule has 0 saturated carbocycles. The molecule has 2 N–H and O–H groups in total. The fourth-order valence-electron chi connectivity index (χ4n) is 2.20. The van der Waals surface area contributed by atoms with Gasteiger partial charge in [-0.15, -0.1) is 24.0 Å². The zero-order chi connectivity index (χ0) is 13.2. The molecule has 1 rings (SSSR count). The third-order valence-corrected chi connectivity index (χ3v) is 3.28. The minimum absolute atomic E-state index is 0. The van der Waals surface area contributed by atoms with Crippen LogP contribution in [0.4, 0.5) is 0 Å². The van der Waals surface area contributed by atoms with Gasteiger partial charge >= 0.3 is 0 Å². The lowest BCUT2D eigenvalue weighted by molar-refractivity contribution is 0.292. The Balaban J connectivity index is 0.00000324. The van der Waals surface area contributed by atoms with Gasteiger partial charge in [0.1, 0.15) is 0 Å². The Morgan fingerprint density at radius 2 is 1.95 bits per heavy atom. The van der Waals surface area contributed by atoms with Gasteiger partial charge in [-0.1, -0.05) is 26.0 Å². The number of hydrogen-bond acceptors (Lipinski definition) is 2. The zero-order valence-corrected chi connectivity index (χ0v) is 14.8. The highest BCUT2D eigenvalue weighted by molar-refractivity contribution is 14.0. The van der Waals surface area contributed by atoms with Gasteiger partial charge in [0.05, 0.1) is 0 Å².